The SMILES string of the molecule is CCNc1ncnc(-n2nc(C)c(C)c2C)c1C. The predicted octanol–water partition coefficient (Wildman–Crippen LogP) is 2.33. The van der Waals surface area contributed by atoms with Crippen molar-refractivity contribution in [3.8, 4) is 5.82 Å². The topological polar surface area (TPSA) is 55.6 Å². The number of aromatic nitrogens is 4. The molecule has 0 fully saturated rings. The zero-order chi connectivity index (χ0) is 13.3. The van der Waals surface area contributed by atoms with E-state index in [2.05, 4.69) is 41.2 Å². The molecule has 96 valence electrons. The molecule has 2 aromatic rings. The highest BCUT2D eigenvalue weighted by atomic mass is 15.3. The van der Waals surface area contributed by atoms with Crippen molar-refractivity contribution in [2.24, 2.45) is 0 Å². The summed E-state index contributed by atoms with van der Waals surface area (Å²) in [5, 5.41) is 7.78. The quantitative estimate of drug-likeness (QED) is 0.901. The average Bonchev–Trinajstić information content (AvgIpc) is 2.60. The molecule has 0 radical (unpaired) electrons. The summed E-state index contributed by atoms with van der Waals surface area (Å²) in [6.45, 7) is 11.1. The second-order valence-corrected chi connectivity index (χ2v) is 4.41. The molecule has 0 spiro atoms. The molecule has 18 heavy (non-hydrogen) atoms. The summed E-state index contributed by atoms with van der Waals surface area (Å²) >= 11 is 0. The van der Waals surface area contributed by atoms with Crippen molar-refractivity contribution in [2.45, 2.75) is 34.6 Å². The second kappa shape index (κ2) is 4.76. The van der Waals surface area contributed by atoms with Gasteiger partial charge in [-0.15, -0.1) is 0 Å². The first-order chi connectivity index (χ1) is 8.56. The van der Waals surface area contributed by atoms with E-state index in [0.29, 0.717) is 0 Å². The third kappa shape index (κ3) is 1.96. The van der Waals surface area contributed by atoms with Crippen molar-refractivity contribution in [3.63, 3.8) is 0 Å². The van der Waals surface area contributed by atoms with Crippen LogP contribution in [0.2, 0.25) is 0 Å². The van der Waals surface area contributed by atoms with Crippen LogP contribution in [-0.4, -0.2) is 26.3 Å². The van der Waals surface area contributed by atoms with Crippen LogP contribution in [0, 0.1) is 27.7 Å². The van der Waals surface area contributed by atoms with Gasteiger partial charge in [0.25, 0.3) is 0 Å². The second-order valence-electron chi connectivity index (χ2n) is 4.41. The molecule has 0 saturated heterocycles. The molecule has 0 unspecified atom stereocenters. The van der Waals surface area contributed by atoms with Gasteiger partial charge in [0.05, 0.1) is 5.69 Å². The minimum atomic E-state index is 0.841. The lowest BCUT2D eigenvalue weighted by Crippen LogP contribution is -2.09. The Morgan fingerprint density at radius 1 is 1.11 bits per heavy atom. The number of hydrogen-bond acceptors (Lipinski definition) is 4. The van der Waals surface area contributed by atoms with E-state index in [4.69, 9.17) is 0 Å². The fraction of sp³-hybridized carbons (Fsp3) is 0.462. The van der Waals surface area contributed by atoms with Gasteiger partial charge in [0.15, 0.2) is 5.82 Å². The maximum absolute atomic E-state index is 4.54. The lowest BCUT2D eigenvalue weighted by atomic mass is 10.2. The summed E-state index contributed by atoms with van der Waals surface area (Å²) in [6.07, 6.45) is 1.58. The Kier molecular flexibility index (Phi) is 3.32. The third-order valence-electron chi connectivity index (χ3n) is 3.26. The molecular weight excluding hydrogens is 226 g/mol. The van der Waals surface area contributed by atoms with Gasteiger partial charge in [0.2, 0.25) is 0 Å². The first kappa shape index (κ1) is 12.5. The summed E-state index contributed by atoms with van der Waals surface area (Å²) in [7, 11) is 0. The Hall–Kier alpha value is -1.91. The van der Waals surface area contributed by atoms with Crippen LogP contribution in [0.4, 0.5) is 5.82 Å². The maximum atomic E-state index is 4.54. The first-order valence-electron chi connectivity index (χ1n) is 6.15. The molecule has 2 aromatic heterocycles. The zero-order valence-corrected chi connectivity index (χ0v) is 11.6. The Morgan fingerprint density at radius 3 is 2.39 bits per heavy atom. The fourth-order valence-electron chi connectivity index (χ4n) is 1.93. The van der Waals surface area contributed by atoms with E-state index >= 15 is 0 Å². The van der Waals surface area contributed by atoms with Gasteiger partial charge in [-0.2, -0.15) is 5.10 Å². The van der Waals surface area contributed by atoms with Gasteiger partial charge < -0.3 is 5.32 Å². The highest BCUT2D eigenvalue weighted by Crippen LogP contribution is 2.21. The molecule has 0 saturated carbocycles. The molecule has 0 aromatic carbocycles. The molecule has 5 heteroatoms. The first-order valence-corrected chi connectivity index (χ1v) is 6.15. The van der Waals surface area contributed by atoms with Crippen LogP contribution >= 0.6 is 0 Å². The van der Waals surface area contributed by atoms with Crippen molar-refractivity contribution in [1.82, 2.24) is 19.7 Å². The lowest BCUT2D eigenvalue weighted by molar-refractivity contribution is 0.792. The summed E-state index contributed by atoms with van der Waals surface area (Å²) in [6, 6.07) is 0. The van der Waals surface area contributed by atoms with Crippen LogP contribution in [0.3, 0.4) is 0 Å². The molecule has 0 aliphatic rings. The van der Waals surface area contributed by atoms with E-state index in [1.165, 1.54) is 5.56 Å². The lowest BCUT2D eigenvalue weighted by Gasteiger charge is -2.11. The number of hydrogen-bond donors (Lipinski definition) is 1. The van der Waals surface area contributed by atoms with Gasteiger partial charge in [-0.25, -0.2) is 14.6 Å². The largest absolute Gasteiger partial charge is 0.370 e. The summed E-state index contributed by atoms with van der Waals surface area (Å²) in [5.74, 6) is 1.71. The van der Waals surface area contributed by atoms with Crippen LogP contribution in [0.15, 0.2) is 6.33 Å². The van der Waals surface area contributed by atoms with E-state index < -0.39 is 0 Å². The van der Waals surface area contributed by atoms with Crippen LogP contribution < -0.4 is 5.32 Å². The summed E-state index contributed by atoms with van der Waals surface area (Å²) in [4.78, 5) is 8.61. The van der Waals surface area contributed by atoms with Crippen molar-refractivity contribution in [3.05, 3.63) is 28.8 Å². The monoisotopic (exact) mass is 245 g/mol. The Balaban J connectivity index is 2.57. The molecule has 0 amide bonds. The normalized spacial score (nSPS) is 10.7. The Bertz CT molecular complexity index is 571. The number of aryl methyl sites for hydroxylation is 1. The Labute approximate surface area is 107 Å². The summed E-state index contributed by atoms with van der Waals surface area (Å²) in [5.41, 5.74) is 4.38. The van der Waals surface area contributed by atoms with Gasteiger partial charge in [-0.3, -0.25) is 0 Å². The third-order valence-corrected chi connectivity index (χ3v) is 3.26. The van der Waals surface area contributed by atoms with Crippen LogP contribution in [0.25, 0.3) is 5.82 Å². The van der Waals surface area contributed by atoms with Crippen molar-refractivity contribution < 1.29 is 0 Å². The minimum absolute atomic E-state index is 0.841. The smallest absolute Gasteiger partial charge is 0.162 e. The van der Waals surface area contributed by atoms with Gasteiger partial charge in [0.1, 0.15) is 12.1 Å². The van der Waals surface area contributed by atoms with E-state index in [1.54, 1.807) is 6.33 Å². The van der Waals surface area contributed by atoms with Gasteiger partial charge in [-0.1, -0.05) is 0 Å². The van der Waals surface area contributed by atoms with Gasteiger partial charge in [0, 0.05) is 17.8 Å². The van der Waals surface area contributed by atoms with Crippen LogP contribution in [-0.2, 0) is 0 Å². The zero-order valence-electron chi connectivity index (χ0n) is 11.6. The number of nitrogens with zero attached hydrogens (tertiary/aromatic N) is 4. The molecule has 0 bridgehead atoms. The number of anilines is 1. The standard InChI is InChI=1S/C13H19N5/c1-6-14-12-9(3)13(16-7-15-12)18-11(5)8(2)10(4)17-18/h7H,6H2,1-5H3,(H,14,15,16). The van der Waals surface area contributed by atoms with Crippen LogP contribution in [0.1, 0.15) is 29.4 Å². The number of nitrogens with one attached hydrogen (secondary N) is 1. The molecule has 5 nitrogen and oxygen atoms in total. The van der Waals surface area contributed by atoms with Crippen LogP contribution in [0.5, 0.6) is 0 Å². The van der Waals surface area contributed by atoms with E-state index in [1.807, 2.05) is 18.5 Å². The number of rotatable bonds is 3. The molecule has 0 aliphatic carbocycles. The van der Waals surface area contributed by atoms with Crippen molar-refractivity contribution in [1.29, 1.82) is 0 Å². The maximum Gasteiger partial charge on any atom is 0.162 e. The molecule has 1 N–H and O–H groups in total. The highest BCUT2D eigenvalue weighted by Gasteiger charge is 2.14. The van der Waals surface area contributed by atoms with Crippen molar-refractivity contribution in [2.75, 3.05) is 11.9 Å². The predicted molar refractivity (Wildman–Crippen MR) is 72.3 cm³/mol. The fourth-order valence-corrected chi connectivity index (χ4v) is 1.93. The van der Waals surface area contributed by atoms with Gasteiger partial charge >= 0.3 is 0 Å². The molecule has 2 heterocycles. The molecular formula is C13H19N5. The molecule has 2 rings (SSSR count). The average molecular weight is 245 g/mol. The summed E-state index contributed by atoms with van der Waals surface area (Å²) < 4.78 is 1.89. The Morgan fingerprint density at radius 2 is 1.83 bits per heavy atom. The van der Waals surface area contributed by atoms with E-state index in [0.717, 1.165) is 35.1 Å². The molecule has 0 aliphatic heterocycles. The van der Waals surface area contributed by atoms with E-state index in [-0.39, 0.29) is 0 Å². The van der Waals surface area contributed by atoms with Gasteiger partial charge in [-0.05, 0) is 40.2 Å². The van der Waals surface area contributed by atoms with E-state index in [9.17, 15) is 0 Å². The van der Waals surface area contributed by atoms with Crippen molar-refractivity contribution >= 4 is 5.82 Å². The molecule has 0 atom stereocenters. The minimum Gasteiger partial charge on any atom is -0.370 e. The highest BCUT2D eigenvalue weighted by molar-refractivity contribution is 5.51.